The van der Waals surface area contributed by atoms with E-state index in [-0.39, 0.29) is 105 Å². The Hall–Kier alpha value is -10.3. The first-order chi connectivity index (χ1) is 54.2. The zero-order valence-electron chi connectivity index (χ0n) is 69.5. The molecule has 594 valence electrons. The molecule has 114 heavy (non-hydrogen) atoms. The van der Waals surface area contributed by atoms with Crippen molar-refractivity contribution in [2.75, 3.05) is 0 Å². The van der Waals surface area contributed by atoms with Crippen LogP contribution >= 0.6 is 0 Å². The maximum atomic E-state index is 10.4. The third-order valence-corrected chi connectivity index (χ3v) is 20.2. The van der Waals surface area contributed by atoms with Crippen LogP contribution in [0.4, 0.5) is 0 Å². The van der Waals surface area contributed by atoms with Crippen LogP contribution in [0, 0.1) is 39.0 Å². The van der Waals surface area contributed by atoms with Crippen molar-refractivity contribution in [2.24, 2.45) is 0 Å². The van der Waals surface area contributed by atoms with Gasteiger partial charge in [0.15, 0.2) is 0 Å². The largest absolute Gasteiger partial charge is 0.506 e. The van der Waals surface area contributed by atoms with Crippen molar-refractivity contribution in [3.63, 3.8) is 0 Å². The summed E-state index contributed by atoms with van der Waals surface area (Å²) >= 11 is 0. The fourth-order valence-electron chi connectivity index (χ4n) is 14.4. The number of aryl methyl sites for hydroxylation is 3. The molecule has 18 heteroatoms. The van der Waals surface area contributed by atoms with Crippen molar-refractivity contribution in [1.29, 1.82) is 0 Å². The fraction of sp³-hybridized carbons (Fsp3) is 0.250. The molecule has 0 aliphatic rings. The third kappa shape index (κ3) is 18.1. The second-order valence-corrected chi connectivity index (χ2v) is 30.6. The van der Waals surface area contributed by atoms with Crippen molar-refractivity contribution < 1.29 is 81.3 Å². The first kappa shape index (κ1) is 83.1. The normalized spacial score (nSPS) is 11.5. The Labute approximate surface area is 717 Å². The van der Waals surface area contributed by atoms with E-state index >= 15 is 0 Å². The average Bonchev–Trinajstić information content (AvgIpc) is 1.61. The number of aromatic hydroxyl groups is 3. The maximum absolute atomic E-state index is 10.4. The molecule has 0 spiro atoms. The van der Waals surface area contributed by atoms with Gasteiger partial charge in [0, 0.05) is 152 Å². The smallest absolute Gasteiger partial charge is 0.141 e. The molecule has 15 nitrogen and oxygen atoms in total. The molecule has 0 radical (unpaired) electrons. The molecular weight excluding hydrogens is 1950 g/mol. The van der Waals surface area contributed by atoms with E-state index in [9.17, 15) is 15.3 Å². The van der Waals surface area contributed by atoms with E-state index in [1.54, 1.807) is 48.9 Å². The topological polar surface area (TPSA) is 168 Å². The van der Waals surface area contributed by atoms with Crippen LogP contribution < -0.4 is 0 Å². The van der Waals surface area contributed by atoms with Crippen molar-refractivity contribution in [3.05, 3.63) is 305 Å². The second kappa shape index (κ2) is 37.3. The summed E-state index contributed by atoms with van der Waals surface area (Å²) in [5, 5.41) is 45.4. The Bertz CT molecular complexity index is 5850. The SMILES string of the molecule is Cc1cc(-c2[c-]c(-c3nccn3-c3c(C(C)C)cc(C(C)C)cc3C(C)C)ccc2)nn1-c1ccccc1O.Cc1cc(-c2[c-]c(-c3nccn3-c3c(C(C)C)cccc3C(C)C)ccc2)nn1-c1ccccc1O.[2H]c1nc(-c2[c-]c(-c3cc(C)n(-c4ccccc4O)n3)ccc2)n(-c2c(C(C)C)cccc2C(C)C)c1[2H].[Pt].[Pt].[Pt]. The summed E-state index contributed by atoms with van der Waals surface area (Å²) < 4.78 is 28.7. The number of para-hydroxylation sites is 8. The molecule has 0 aliphatic heterocycles. The Morgan fingerprint density at radius 3 is 0.904 bits per heavy atom. The minimum absolute atomic E-state index is 0. The minimum atomic E-state index is -0.0771. The van der Waals surface area contributed by atoms with Crippen LogP contribution in [0.25, 0.3) is 102 Å². The van der Waals surface area contributed by atoms with Gasteiger partial charge in [0.25, 0.3) is 0 Å². The number of rotatable bonds is 19. The van der Waals surface area contributed by atoms with E-state index in [1.165, 1.54) is 39.2 Å². The number of hydrogen-bond donors (Lipinski definition) is 3. The molecule has 0 amide bonds. The van der Waals surface area contributed by atoms with Crippen LogP contribution in [0.1, 0.15) is 197 Å². The first-order valence-electron chi connectivity index (χ1n) is 39.4. The molecule has 0 aliphatic carbocycles. The second-order valence-electron chi connectivity index (χ2n) is 30.6. The Kier molecular flexibility index (Phi) is 27.2. The van der Waals surface area contributed by atoms with E-state index in [4.69, 9.17) is 28.0 Å². The minimum Gasteiger partial charge on any atom is -0.506 e. The summed E-state index contributed by atoms with van der Waals surface area (Å²) in [4.78, 5) is 14.1. The molecule has 0 unspecified atom stereocenters. The van der Waals surface area contributed by atoms with Gasteiger partial charge in [-0.25, -0.2) is 29.3 Å². The van der Waals surface area contributed by atoms with Gasteiger partial charge in [-0.15, -0.1) is 72.8 Å². The molecule has 0 saturated carbocycles. The Balaban J connectivity index is 0.000000181. The van der Waals surface area contributed by atoms with E-state index in [2.05, 4.69) is 190 Å². The van der Waals surface area contributed by atoms with Crippen molar-refractivity contribution in [3.8, 4) is 119 Å². The molecule has 15 aromatic rings. The molecule has 3 N–H and O–H groups in total. The van der Waals surface area contributed by atoms with Gasteiger partial charge < -0.3 is 29.0 Å². The number of aromatic nitrogens is 12. The van der Waals surface area contributed by atoms with Crippen LogP contribution in [-0.2, 0) is 63.2 Å². The number of benzene rings is 9. The van der Waals surface area contributed by atoms with Gasteiger partial charge in [0.1, 0.15) is 34.3 Å². The molecule has 0 saturated heterocycles. The molecule has 15 rings (SSSR count). The summed E-state index contributed by atoms with van der Waals surface area (Å²) in [6, 6.07) is 73.6. The predicted octanol–water partition coefficient (Wildman–Crippen LogP) is 23.5. The summed E-state index contributed by atoms with van der Waals surface area (Å²) in [6.45, 7) is 37.0. The van der Waals surface area contributed by atoms with E-state index in [0.717, 1.165) is 84.7 Å². The van der Waals surface area contributed by atoms with Gasteiger partial charge in [0.2, 0.25) is 0 Å². The first-order valence-corrected chi connectivity index (χ1v) is 38.4. The van der Waals surface area contributed by atoms with Crippen LogP contribution in [-0.4, -0.2) is 73.3 Å². The average molecular weight is 2060 g/mol. The van der Waals surface area contributed by atoms with Gasteiger partial charge in [-0.3, -0.25) is 15.0 Å². The van der Waals surface area contributed by atoms with E-state index in [0.29, 0.717) is 63.7 Å². The maximum Gasteiger partial charge on any atom is 0.141 e. The van der Waals surface area contributed by atoms with Crippen molar-refractivity contribution in [2.45, 2.75) is 159 Å². The van der Waals surface area contributed by atoms with Crippen LogP contribution in [0.2, 0.25) is 0 Å². The summed E-state index contributed by atoms with van der Waals surface area (Å²) in [5.74, 6) is 5.16. The summed E-state index contributed by atoms with van der Waals surface area (Å²) in [5.41, 5.74) is 24.1. The van der Waals surface area contributed by atoms with E-state index < -0.39 is 0 Å². The zero-order chi connectivity index (χ0) is 80.4. The number of hydrogen-bond acceptors (Lipinski definition) is 9. The van der Waals surface area contributed by atoms with Crippen molar-refractivity contribution >= 4 is 0 Å². The number of imidazole rings is 3. The number of phenols is 3. The van der Waals surface area contributed by atoms with Gasteiger partial charge >= 0.3 is 0 Å². The molecular formula is C96H99N12O3Pt3-3. The number of nitrogens with zero attached hydrogens (tertiary/aromatic N) is 12. The van der Waals surface area contributed by atoms with Crippen LogP contribution in [0.5, 0.6) is 17.2 Å². The van der Waals surface area contributed by atoms with Gasteiger partial charge in [0.05, 0.1) is 20.2 Å². The standard InChI is InChI=1S/C34H37N4O.2C31H31N4O.3Pt/c1-21(2)27-19-28(22(3)4)33(29(20-27)23(5)6)37-16-15-35-34(37)26-12-10-11-25(18-26)30-17-24(7)38(36-30)31-13-8-9-14-32(31)39;2*1-20(2)25-12-9-13-26(21(3)4)30(25)34-17-16-32-31(34)24-11-8-10-23(19-24)27-18-22(5)35(33-27)28-14-6-7-15-29(28)36;;;/h8-17,19-23,39H,1-7H3;2*6-18,20-21,36H,1-5H3;;;/q3*-1;;;/i;16D,17D;;;;. The molecule has 6 aromatic heterocycles. The Morgan fingerprint density at radius 2 is 0.596 bits per heavy atom. The quantitative estimate of drug-likeness (QED) is 0.0668. The van der Waals surface area contributed by atoms with Gasteiger partial charge in [-0.1, -0.05) is 215 Å². The third-order valence-electron chi connectivity index (χ3n) is 20.2. The summed E-state index contributed by atoms with van der Waals surface area (Å²) in [7, 11) is 0. The number of phenolic OH excluding ortho intramolecular Hbond substituents is 3. The fourth-order valence-corrected chi connectivity index (χ4v) is 14.4. The van der Waals surface area contributed by atoms with Crippen LogP contribution in [0.15, 0.2) is 231 Å². The monoisotopic (exact) mass is 2050 g/mol. The van der Waals surface area contributed by atoms with Crippen LogP contribution in [0.3, 0.4) is 0 Å². The molecule has 0 atom stereocenters. The predicted molar refractivity (Wildman–Crippen MR) is 449 cm³/mol. The Morgan fingerprint density at radius 1 is 0.316 bits per heavy atom. The molecule has 0 fully saturated rings. The molecule has 0 bridgehead atoms. The zero-order valence-corrected chi connectivity index (χ0v) is 74.3. The van der Waals surface area contributed by atoms with Gasteiger partial charge in [-0.2, -0.15) is 0 Å². The molecule has 6 heterocycles. The van der Waals surface area contributed by atoms with Crippen molar-refractivity contribution in [1.82, 2.24) is 58.0 Å². The summed E-state index contributed by atoms with van der Waals surface area (Å²) in [6.07, 6.45) is 7.81. The molecule has 9 aromatic carbocycles. The van der Waals surface area contributed by atoms with Gasteiger partial charge in [-0.05, 0) is 156 Å². The van der Waals surface area contributed by atoms with E-state index in [1.807, 2.05) is 149 Å².